The fourth-order valence-electron chi connectivity index (χ4n) is 2.98. The molecule has 0 aliphatic carbocycles. The van der Waals surface area contributed by atoms with Gasteiger partial charge in [0.15, 0.2) is 0 Å². The Hall–Kier alpha value is -0.980. The van der Waals surface area contributed by atoms with Gasteiger partial charge in [-0.3, -0.25) is 0 Å². The highest BCUT2D eigenvalue weighted by molar-refractivity contribution is 5.47. The number of rotatable bonds is 8. The Morgan fingerprint density at radius 2 is 1.18 bits per heavy atom. The summed E-state index contributed by atoms with van der Waals surface area (Å²) in [6.07, 6.45) is -0.00482. The largest absolute Gasteiger partial charge is 0.393 e. The van der Waals surface area contributed by atoms with Gasteiger partial charge in [-0.15, -0.1) is 0 Å². The topological polar surface area (TPSA) is 113 Å². The Bertz CT molecular complexity index is 485. The van der Waals surface area contributed by atoms with Crippen LogP contribution in [0.25, 0.3) is 0 Å². The second kappa shape index (κ2) is 8.60. The minimum Gasteiger partial charge on any atom is -0.393 e. The Labute approximate surface area is 133 Å². The van der Waals surface area contributed by atoms with Crippen molar-refractivity contribution in [3.63, 3.8) is 0 Å². The van der Waals surface area contributed by atoms with Gasteiger partial charge in [0.25, 0.3) is 0 Å². The van der Waals surface area contributed by atoms with Crippen LogP contribution in [0.1, 0.15) is 48.6 Å². The van der Waals surface area contributed by atoms with E-state index < -0.39 is 18.3 Å². The van der Waals surface area contributed by atoms with Crippen molar-refractivity contribution < 1.29 is 15.3 Å². The first-order valence-electron chi connectivity index (χ1n) is 7.89. The van der Waals surface area contributed by atoms with Crippen molar-refractivity contribution in [1.82, 2.24) is 0 Å². The predicted octanol–water partition coefficient (Wildman–Crippen LogP) is 0.374. The van der Waals surface area contributed by atoms with Crippen LogP contribution < -0.4 is 11.5 Å². The number of aliphatic hydroxyl groups is 3. The first-order chi connectivity index (χ1) is 10.3. The van der Waals surface area contributed by atoms with Crippen LogP contribution in [0.15, 0.2) is 6.07 Å². The van der Waals surface area contributed by atoms with Gasteiger partial charge in [-0.1, -0.05) is 6.07 Å². The first-order valence-corrected chi connectivity index (χ1v) is 7.89. The van der Waals surface area contributed by atoms with Crippen molar-refractivity contribution >= 4 is 0 Å². The standard InChI is InChI=1S/C17H30N2O3/c1-10(20)4-13-7-14(8-18)16(6-12(3)22)17(9-19)15(13)5-11(2)21/h7,10-12,20-22H,4-6,8-9,18-19H2,1-3H3. The average molecular weight is 310 g/mol. The molecule has 0 heterocycles. The maximum absolute atomic E-state index is 9.81. The minimum absolute atomic E-state index is 0.324. The lowest BCUT2D eigenvalue weighted by Crippen LogP contribution is -2.21. The summed E-state index contributed by atoms with van der Waals surface area (Å²) in [6.45, 7) is 5.89. The van der Waals surface area contributed by atoms with Crippen LogP contribution >= 0.6 is 0 Å². The van der Waals surface area contributed by atoms with E-state index in [4.69, 9.17) is 11.5 Å². The van der Waals surface area contributed by atoms with E-state index in [1.165, 1.54) is 0 Å². The lowest BCUT2D eigenvalue weighted by atomic mass is 9.85. The van der Waals surface area contributed by atoms with Gasteiger partial charge in [0.05, 0.1) is 18.3 Å². The molecule has 0 amide bonds. The number of aliphatic hydroxyl groups excluding tert-OH is 3. The summed E-state index contributed by atoms with van der Waals surface area (Å²) >= 11 is 0. The summed E-state index contributed by atoms with van der Waals surface area (Å²) in [5.74, 6) is 0. The molecule has 3 atom stereocenters. The van der Waals surface area contributed by atoms with Gasteiger partial charge < -0.3 is 26.8 Å². The molecule has 7 N–H and O–H groups in total. The summed E-state index contributed by atoms with van der Waals surface area (Å²) in [4.78, 5) is 0. The number of benzene rings is 1. The van der Waals surface area contributed by atoms with Crippen molar-refractivity contribution in [3.05, 3.63) is 33.9 Å². The molecule has 0 bridgehead atoms. The van der Waals surface area contributed by atoms with Crippen molar-refractivity contribution in [3.8, 4) is 0 Å². The summed E-state index contributed by atoms with van der Waals surface area (Å²) in [5, 5.41) is 29.3. The maximum atomic E-state index is 9.81. The van der Waals surface area contributed by atoms with Gasteiger partial charge in [-0.25, -0.2) is 0 Å². The van der Waals surface area contributed by atoms with E-state index in [9.17, 15) is 15.3 Å². The monoisotopic (exact) mass is 310 g/mol. The molecule has 0 spiro atoms. The molecule has 0 aliphatic heterocycles. The molecule has 22 heavy (non-hydrogen) atoms. The van der Waals surface area contributed by atoms with Gasteiger partial charge in [-0.2, -0.15) is 0 Å². The number of hydrogen-bond acceptors (Lipinski definition) is 5. The zero-order valence-electron chi connectivity index (χ0n) is 13.8. The van der Waals surface area contributed by atoms with Gasteiger partial charge in [0.1, 0.15) is 0 Å². The summed E-state index contributed by atoms with van der Waals surface area (Å²) in [5.41, 5.74) is 16.7. The molecule has 126 valence electrons. The molecule has 1 rings (SSSR count). The van der Waals surface area contributed by atoms with Crippen molar-refractivity contribution in [1.29, 1.82) is 0 Å². The molecule has 0 fully saturated rings. The number of nitrogens with two attached hydrogens (primary N) is 2. The third-order valence-electron chi connectivity index (χ3n) is 3.79. The third kappa shape index (κ3) is 5.04. The molecule has 5 heteroatoms. The van der Waals surface area contributed by atoms with E-state index in [1.807, 2.05) is 6.07 Å². The molecule has 3 unspecified atom stereocenters. The fraction of sp³-hybridized carbons (Fsp3) is 0.647. The average Bonchev–Trinajstić information content (AvgIpc) is 2.40. The van der Waals surface area contributed by atoms with Crippen molar-refractivity contribution in [2.75, 3.05) is 0 Å². The lowest BCUT2D eigenvalue weighted by molar-refractivity contribution is 0.187. The van der Waals surface area contributed by atoms with Gasteiger partial charge >= 0.3 is 0 Å². The van der Waals surface area contributed by atoms with E-state index in [2.05, 4.69) is 0 Å². The van der Waals surface area contributed by atoms with Crippen LogP contribution in [0.5, 0.6) is 0 Å². The third-order valence-corrected chi connectivity index (χ3v) is 3.79. The molecule has 0 saturated heterocycles. The van der Waals surface area contributed by atoms with Crippen LogP contribution in [0.4, 0.5) is 0 Å². The smallest absolute Gasteiger partial charge is 0.0552 e. The number of hydrogen-bond donors (Lipinski definition) is 5. The molecular weight excluding hydrogens is 280 g/mol. The van der Waals surface area contributed by atoms with Crippen LogP contribution in [0.2, 0.25) is 0 Å². The van der Waals surface area contributed by atoms with Crippen LogP contribution in [0.3, 0.4) is 0 Å². The molecule has 1 aromatic rings. The molecule has 0 aliphatic rings. The molecule has 0 radical (unpaired) electrons. The van der Waals surface area contributed by atoms with Crippen molar-refractivity contribution in [2.24, 2.45) is 11.5 Å². The second-order valence-corrected chi connectivity index (χ2v) is 6.20. The van der Waals surface area contributed by atoms with Crippen LogP contribution in [-0.4, -0.2) is 33.6 Å². The Kier molecular flexibility index (Phi) is 7.45. The van der Waals surface area contributed by atoms with Crippen LogP contribution in [0, 0.1) is 0 Å². The summed E-state index contributed by atoms with van der Waals surface area (Å²) in [7, 11) is 0. The molecule has 0 aromatic heterocycles. The Morgan fingerprint density at radius 1 is 0.727 bits per heavy atom. The summed E-state index contributed by atoms with van der Waals surface area (Å²) in [6, 6.07) is 1.99. The lowest BCUT2D eigenvalue weighted by Gasteiger charge is -2.23. The molecule has 5 nitrogen and oxygen atoms in total. The minimum atomic E-state index is -0.499. The Balaban J connectivity index is 3.50. The maximum Gasteiger partial charge on any atom is 0.0552 e. The van der Waals surface area contributed by atoms with Gasteiger partial charge in [0.2, 0.25) is 0 Å². The van der Waals surface area contributed by atoms with E-state index in [0.717, 1.165) is 27.8 Å². The first kappa shape index (κ1) is 19.1. The SMILES string of the molecule is CC(O)Cc1cc(CN)c(CC(C)O)c(CN)c1CC(C)O. The van der Waals surface area contributed by atoms with Crippen molar-refractivity contribution in [2.45, 2.75) is 71.4 Å². The molecule has 1 aromatic carbocycles. The van der Waals surface area contributed by atoms with E-state index in [0.29, 0.717) is 32.4 Å². The summed E-state index contributed by atoms with van der Waals surface area (Å²) < 4.78 is 0. The predicted molar refractivity (Wildman–Crippen MR) is 88.4 cm³/mol. The van der Waals surface area contributed by atoms with E-state index in [1.54, 1.807) is 20.8 Å². The normalized spacial score (nSPS) is 15.6. The fourth-order valence-corrected chi connectivity index (χ4v) is 2.98. The van der Waals surface area contributed by atoms with Crippen LogP contribution in [-0.2, 0) is 32.4 Å². The highest BCUT2D eigenvalue weighted by Gasteiger charge is 2.19. The van der Waals surface area contributed by atoms with Gasteiger partial charge in [0, 0.05) is 13.1 Å². The van der Waals surface area contributed by atoms with Gasteiger partial charge in [-0.05, 0) is 67.9 Å². The van der Waals surface area contributed by atoms with E-state index >= 15 is 0 Å². The second-order valence-electron chi connectivity index (χ2n) is 6.20. The highest BCUT2D eigenvalue weighted by atomic mass is 16.3. The molecular formula is C17H30N2O3. The zero-order valence-corrected chi connectivity index (χ0v) is 13.8. The van der Waals surface area contributed by atoms with E-state index in [-0.39, 0.29) is 0 Å². The quantitative estimate of drug-likeness (QED) is 0.476. The molecule has 0 saturated carbocycles. The Morgan fingerprint density at radius 3 is 1.55 bits per heavy atom. The highest BCUT2D eigenvalue weighted by Crippen LogP contribution is 2.27. The zero-order chi connectivity index (χ0) is 16.9.